The van der Waals surface area contributed by atoms with Gasteiger partial charge in [0.2, 0.25) is 0 Å². The maximum absolute atomic E-state index is 10.0. The smallest absolute Gasteiger partial charge is 0.162 e. The molecule has 7 nitrogen and oxygen atoms in total. The standard InChI is InChI=1S/C26H32N4O3/c1-3-5-22(31)18-33-23-7-4-6-20(16-23)26-28-24(19-8-12-27-13-9-19)17-25(29-26)30(2)21-10-14-32-15-11-21/h4,6-9,12-13,16-17,21-22,31H,3,5,10-11,14-15,18H2,1-2H3. The van der Waals surface area contributed by atoms with Crippen LogP contribution in [-0.2, 0) is 4.74 Å². The first-order valence-electron chi connectivity index (χ1n) is 11.7. The van der Waals surface area contributed by atoms with Gasteiger partial charge >= 0.3 is 0 Å². The van der Waals surface area contributed by atoms with Gasteiger partial charge in [0.05, 0.1) is 11.8 Å². The van der Waals surface area contributed by atoms with Gasteiger partial charge in [0, 0.05) is 55.9 Å². The molecule has 0 amide bonds. The quantitative estimate of drug-likeness (QED) is 0.521. The molecular weight excluding hydrogens is 416 g/mol. The highest BCUT2D eigenvalue weighted by atomic mass is 16.5. The van der Waals surface area contributed by atoms with Gasteiger partial charge in [0.1, 0.15) is 18.2 Å². The Balaban J connectivity index is 1.66. The van der Waals surface area contributed by atoms with Crippen molar-refractivity contribution in [1.82, 2.24) is 15.0 Å². The summed E-state index contributed by atoms with van der Waals surface area (Å²) in [6, 6.07) is 14.1. The van der Waals surface area contributed by atoms with Crippen molar-refractivity contribution in [3.05, 3.63) is 54.9 Å². The number of aliphatic hydroxyl groups is 1. The van der Waals surface area contributed by atoms with Crippen molar-refractivity contribution in [2.45, 2.75) is 44.8 Å². The molecule has 0 bridgehead atoms. The predicted molar refractivity (Wildman–Crippen MR) is 129 cm³/mol. The number of nitrogens with zero attached hydrogens (tertiary/aromatic N) is 4. The van der Waals surface area contributed by atoms with Gasteiger partial charge in [-0.25, -0.2) is 9.97 Å². The van der Waals surface area contributed by atoms with E-state index in [1.165, 1.54) is 0 Å². The van der Waals surface area contributed by atoms with E-state index in [1.54, 1.807) is 12.4 Å². The lowest BCUT2D eigenvalue weighted by molar-refractivity contribution is 0.0853. The van der Waals surface area contributed by atoms with Gasteiger partial charge in [-0.15, -0.1) is 0 Å². The monoisotopic (exact) mass is 448 g/mol. The van der Waals surface area contributed by atoms with Crippen LogP contribution >= 0.6 is 0 Å². The summed E-state index contributed by atoms with van der Waals surface area (Å²) in [5.74, 6) is 2.21. The van der Waals surface area contributed by atoms with E-state index in [-0.39, 0.29) is 6.61 Å². The molecule has 1 aliphatic heterocycles. The van der Waals surface area contributed by atoms with Gasteiger partial charge in [0.15, 0.2) is 5.82 Å². The molecule has 0 spiro atoms. The maximum Gasteiger partial charge on any atom is 0.162 e. The van der Waals surface area contributed by atoms with E-state index in [9.17, 15) is 5.11 Å². The Hall–Kier alpha value is -3.03. The van der Waals surface area contributed by atoms with E-state index < -0.39 is 6.10 Å². The van der Waals surface area contributed by atoms with Crippen molar-refractivity contribution in [2.24, 2.45) is 0 Å². The molecule has 1 aliphatic rings. The molecule has 0 radical (unpaired) electrons. The number of pyridine rings is 1. The fourth-order valence-electron chi connectivity index (χ4n) is 4.01. The normalized spacial score (nSPS) is 15.2. The highest BCUT2D eigenvalue weighted by Gasteiger charge is 2.21. The van der Waals surface area contributed by atoms with E-state index in [2.05, 4.69) is 16.9 Å². The lowest BCUT2D eigenvalue weighted by Crippen LogP contribution is -2.37. The third-order valence-electron chi connectivity index (χ3n) is 5.95. The topological polar surface area (TPSA) is 80.6 Å². The molecule has 7 heteroatoms. The molecule has 0 aliphatic carbocycles. The second-order valence-corrected chi connectivity index (χ2v) is 8.41. The zero-order valence-electron chi connectivity index (χ0n) is 19.4. The molecule has 1 fully saturated rings. The van der Waals surface area contributed by atoms with Gasteiger partial charge in [-0.3, -0.25) is 4.98 Å². The van der Waals surface area contributed by atoms with E-state index in [1.807, 2.05) is 49.4 Å². The summed E-state index contributed by atoms with van der Waals surface area (Å²) in [5, 5.41) is 10.0. The molecule has 33 heavy (non-hydrogen) atoms. The minimum absolute atomic E-state index is 0.271. The number of hydrogen-bond donors (Lipinski definition) is 1. The lowest BCUT2D eigenvalue weighted by atomic mass is 10.1. The largest absolute Gasteiger partial charge is 0.491 e. The zero-order chi connectivity index (χ0) is 23.0. The van der Waals surface area contributed by atoms with Crippen LogP contribution in [0.4, 0.5) is 5.82 Å². The van der Waals surface area contributed by atoms with E-state index in [0.29, 0.717) is 17.6 Å². The van der Waals surface area contributed by atoms with Crippen molar-refractivity contribution in [2.75, 3.05) is 31.8 Å². The molecule has 3 aromatic rings. The first-order valence-corrected chi connectivity index (χ1v) is 11.7. The summed E-state index contributed by atoms with van der Waals surface area (Å²) in [4.78, 5) is 16.2. The summed E-state index contributed by atoms with van der Waals surface area (Å²) in [6.07, 6.45) is 6.67. The third kappa shape index (κ3) is 6.06. The Morgan fingerprint density at radius 3 is 2.64 bits per heavy atom. The maximum atomic E-state index is 10.0. The van der Waals surface area contributed by atoms with Crippen LogP contribution in [0.25, 0.3) is 22.6 Å². The van der Waals surface area contributed by atoms with Crippen LogP contribution in [0.5, 0.6) is 5.75 Å². The number of rotatable bonds is 9. The van der Waals surface area contributed by atoms with Crippen LogP contribution < -0.4 is 9.64 Å². The fraction of sp³-hybridized carbons (Fsp3) is 0.423. The first kappa shape index (κ1) is 23.1. The highest BCUT2D eigenvalue weighted by Crippen LogP contribution is 2.29. The molecule has 3 heterocycles. The van der Waals surface area contributed by atoms with Crippen LogP contribution in [0, 0.1) is 0 Å². The molecule has 4 rings (SSSR count). The van der Waals surface area contributed by atoms with Crippen LogP contribution in [0.1, 0.15) is 32.6 Å². The number of anilines is 1. The van der Waals surface area contributed by atoms with Gasteiger partial charge in [0.25, 0.3) is 0 Å². The SMILES string of the molecule is CCCC(O)COc1cccc(-c2nc(-c3ccncc3)cc(N(C)C3CCOCC3)n2)c1. The summed E-state index contributed by atoms with van der Waals surface area (Å²) in [5.41, 5.74) is 2.71. The minimum Gasteiger partial charge on any atom is -0.491 e. The predicted octanol–water partition coefficient (Wildman–Crippen LogP) is 4.36. The molecule has 1 N–H and O–H groups in total. The average molecular weight is 449 g/mol. The number of ether oxygens (including phenoxy) is 2. The van der Waals surface area contributed by atoms with Crippen LogP contribution in [0.2, 0.25) is 0 Å². The van der Waals surface area contributed by atoms with Crippen molar-refractivity contribution in [3.63, 3.8) is 0 Å². The second kappa shape index (κ2) is 11.2. The number of aliphatic hydroxyl groups excluding tert-OH is 1. The summed E-state index contributed by atoms with van der Waals surface area (Å²) in [6.45, 7) is 3.86. The molecule has 1 atom stereocenters. The molecule has 2 aromatic heterocycles. The highest BCUT2D eigenvalue weighted by molar-refractivity contribution is 5.68. The number of hydrogen-bond acceptors (Lipinski definition) is 7. The average Bonchev–Trinajstić information content (AvgIpc) is 2.88. The minimum atomic E-state index is -0.468. The van der Waals surface area contributed by atoms with Crippen molar-refractivity contribution < 1.29 is 14.6 Å². The van der Waals surface area contributed by atoms with Crippen molar-refractivity contribution in [1.29, 1.82) is 0 Å². The number of aromatic nitrogens is 3. The zero-order valence-corrected chi connectivity index (χ0v) is 19.4. The van der Waals surface area contributed by atoms with Gasteiger partial charge in [-0.1, -0.05) is 25.5 Å². The fourth-order valence-corrected chi connectivity index (χ4v) is 4.01. The van der Waals surface area contributed by atoms with Gasteiger partial charge in [-0.2, -0.15) is 0 Å². The molecule has 1 unspecified atom stereocenters. The van der Waals surface area contributed by atoms with E-state index >= 15 is 0 Å². The third-order valence-corrected chi connectivity index (χ3v) is 5.95. The molecule has 1 aromatic carbocycles. The summed E-state index contributed by atoms with van der Waals surface area (Å²) < 4.78 is 11.4. The summed E-state index contributed by atoms with van der Waals surface area (Å²) in [7, 11) is 2.09. The lowest BCUT2D eigenvalue weighted by Gasteiger charge is -2.32. The Labute approximate surface area is 195 Å². The molecule has 1 saturated heterocycles. The Morgan fingerprint density at radius 1 is 1.09 bits per heavy atom. The van der Waals surface area contributed by atoms with Gasteiger partial charge in [-0.05, 0) is 43.5 Å². The molecule has 0 saturated carbocycles. The summed E-state index contributed by atoms with van der Waals surface area (Å²) >= 11 is 0. The molecular formula is C26H32N4O3. The van der Waals surface area contributed by atoms with E-state index in [0.717, 1.165) is 61.5 Å². The second-order valence-electron chi connectivity index (χ2n) is 8.41. The van der Waals surface area contributed by atoms with Crippen molar-refractivity contribution >= 4 is 5.82 Å². The Bertz CT molecular complexity index is 1030. The first-order chi connectivity index (χ1) is 16.1. The Kier molecular flexibility index (Phi) is 7.86. The van der Waals surface area contributed by atoms with E-state index in [4.69, 9.17) is 19.4 Å². The van der Waals surface area contributed by atoms with Crippen LogP contribution in [0.15, 0.2) is 54.9 Å². The Morgan fingerprint density at radius 2 is 1.88 bits per heavy atom. The van der Waals surface area contributed by atoms with Crippen LogP contribution in [-0.4, -0.2) is 59.1 Å². The molecule has 174 valence electrons. The van der Waals surface area contributed by atoms with Crippen molar-refractivity contribution in [3.8, 4) is 28.4 Å². The number of benzene rings is 1. The van der Waals surface area contributed by atoms with Gasteiger partial charge < -0.3 is 19.5 Å². The van der Waals surface area contributed by atoms with Crippen LogP contribution in [0.3, 0.4) is 0 Å².